The molecule has 0 N–H and O–H groups in total. The van der Waals surface area contributed by atoms with E-state index in [-0.39, 0.29) is 0 Å². The van der Waals surface area contributed by atoms with E-state index in [2.05, 4.69) is 9.72 Å². The first-order valence-corrected chi connectivity index (χ1v) is 6.66. The molecule has 0 aliphatic rings. The lowest BCUT2D eigenvalue weighted by Gasteiger charge is -2.09. The number of pyridine rings is 1. The van der Waals surface area contributed by atoms with Crippen LogP contribution in [0.5, 0.6) is 5.88 Å². The second-order valence-corrected chi connectivity index (χ2v) is 5.73. The van der Waals surface area contributed by atoms with Crippen molar-refractivity contribution in [2.75, 3.05) is 0 Å². The van der Waals surface area contributed by atoms with Crippen molar-refractivity contribution in [3.8, 4) is 5.88 Å². The van der Waals surface area contributed by atoms with Gasteiger partial charge in [0, 0.05) is 16.7 Å². The lowest BCUT2D eigenvalue weighted by Crippen LogP contribution is -2.18. The average molecular weight is 341 g/mol. The lowest BCUT2D eigenvalue weighted by molar-refractivity contribution is -0.388. The van der Waals surface area contributed by atoms with Crippen molar-refractivity contribution < 1.29 is 31.2 Å². The topological polar surface area (TPSA) is 99.4 Å². The summed E-state index contributed by atoms with van der Waals surface area (Å²) < 4.78 is 61.2. The first-order chi connectivity index (χ1) is 8.42. The maximum Gasteiger partial charge on any atom is 0.574 e. The fourth-order valence-corrected chi connectivity index (χ4v) is 2.22. The van der Waals surface area contributed by atoms with Gasteiger partial charge in [0.25, 0.3) is 14.1 Å². The van der Waals surface area contributed by atoms with E-state index in [0.717, 1.165) is 0 Å². The summed E-state index contributed by atoms with van der Waals surface area (Å²) in [6, 6.07) is 0.346. The lowest BCUT2D eigenvalue weighted by atomic mass is 10.4. The minimum Gasteiger partial charge on any atom is -0.388 e. The zero-order valence-electron chi connectivity index (χ0n) is 8.31. The Labute approximate surface area is 112 Å². The quantitative estimate of drug-likeness (QED) is 0.476. The summed E-state index contributed by atoms with van der Waals surface area (Å²) in [5, 5.41) is 8.22. The second kappa shape index (κ2) is 4.98. The molecule has 0 bridgehead atoms. The van der Waals surface area contributed by atoms with E-state index < -0.39 is 42.0 Å². The molecule has 1 heterocycles. The van der Waals surface area contributed by atoms with Gasteiger partial charge in [-0.3, -0.25) is 10.1 Å². The summed E-state index contributed by atoms with van der Waals surface area (Å²) in [5.41, 5.74) is -1.24. The van der Waals surface area contributed by atoms with E-state index in [4.69, 9.17) is 22.3 Å². The molecule has 106 valence electrons. The zero-order chi connectivity index (χ0) is 15.0. The Morgan fingerprint density at radius 2 is 1.95 bits per heavy atom. The maximum atomic E-state index is 11.9. The zero-order valence-corrected chi connectivity index (χ0v) is 10.6. The Morgan fingerprint density at radius 1 is 1.42 bits per heavy atom. The number of ether oxygens (including phenoxy) is 1. The molecule has 0 atom stereocenters. The monoisotopic (exact) mass is 340 g/mol. The predicted molar refractivity (Wildman–Crippen MR) is 55.6 cm³/mol. The highest BCUT2D eigenvalue weighted by molar-refractivity contribution is 8.13. The molecule has 1 aromatic rings. The minimum atomic E-state index is -5.18. The standard InChI is InChI=1S/C6HCl2F3N2O5S/c7-2-1-3(18-6(9,10)11)12-5(19(8,16)17)4(2)13(14)15/h1H. The van der Waals surface area contributed by atoms with Gasteiger partial charge in [0.15, 0.2) is 0 Å². The van der Waals surface area contributed by atoms with Crippen molar-refractivity contribution >= 4 is 37.0 Å². The molecular formula is C6HCl2F3N2O5S. The third kappa shape index (κ3) is 4.08. The van der Waals surface area contributed by atoms with Gasteiger partial charge in [-0.05, 0) is 0 Å². The van der Waals surface area contributed by atoms with E-state index in [1.165, 1.54) is 0 Å². The first kappa shape index (κ1) is 15.7. The number of aromatic nitrogens is 1. The molecule has 1 aromatic heterocycles. The summed E-state index contributed by atoms with van der Waals surface area (Å²) in [4.78, 5) is 12.2. The number of rotatable bonds is 3. The molecule has 1 rings (SSSR count). The molecule has 0 saturated heterocycles. The fourth-order valence-electron chi connectivity index (χ4n) is 0.970. The average Bonchev–Trinajstić information content (AvgIpc) is 2.11. The Balaban J connectivity index is 3.53. The summed E-state index contributed by atoms with van der Waals surface area (Å²) >= 11 is 5.31. The number of nitrogens with zero attached hydrogens (tertiary/aromatic N) is 2. The number of nitro groups is 1. The van der Waals surface area contributed by atoms with Crippen LogP contribution in [0.25, 0.3) is 0 Å². The van der Waals surface area contributed by atoms with Crippen molar-refractivity contribution in [3.63, 3.8) is 0 Å². The number of halogens is 5. The highest BCUT2D eigenvalue weighted by atomic mass is 35.7. The molecule has 0 amide bonds. The normalized spacial score (nSPS) is 12.3. The summed E-state index contributed by atoms with van der Waals surface area (Å²) in [5.74, 6) is -1.29. The van der Waals surface area contributed by atoms with Crippen LogP contribution in [0.3, 0.4) is 0 Å². The van der Waals surface area contributed by atoms with Crippen molar-refractivity contribution in [1.29, 1.82) is 0 Å². The van der Waals surface area contributed by atoms with Crippen LogP contribution in [-0.2, 0) is 9.05 Å². The van der Waals surface area contributed by atoms with Gasteiger partial charge in [0.1, 0.15) is 5.02 Å². The second-order valence-electron chi connectivity index (χ2n) is 2.84. The van der Waals surface area contributed by atoms with Gasteiger partial charge in [0.2, 0.25) is 5.88 Å². The molecule has 0 aliphatic carbocycles. The number of alkyl halides is 3. The Morgan fingerprint density at radius 3 is 2.32 bits per heavy atom. The molecule has 0 spiro atoms. The van der Waals surface area contributed by atoms with E-state index >= 15 is 0 Å². The summed E-state index contributed by atoms with van der Waals surface area (Å²) in [6.45, 7) is 0. The number of hydrogen-bond donors (Lipinski definition) is 0. The van der Waals surface area contributed by atoms with E-state index in [1.807, 2.05) is 0 Å². The molecule has 0 unspecified atom stereocenters. The van der Waals surface area contributed by atoms with Crippen LogP contribution in [0.1, 0.15) is 0 Å². The maximum absolute atomic E-state index is 11.9. The molecule has 19 heavy (non-hydrogen) atoms. The smallest absolute Gasteiger partial charge is 0.388 e. The molecule has 7 nitrogen and oxygen atoms in total. The van der Waals surface area contributed by atoms with Crippen LogP contribution in [0.4, 0.5) is 18.9 Å². The van der Waals surface area contributed by atoms with Crippen LogP contribution in [0.15, 0.2) is 11.1 Å². The van der Waals surface area contributed by atoms with E-state index in [9.17, 15) is 31.7 Å². The molecule has 0 saturated carbocycles. The highest BCUT2D eigenvalue weighted by Gasteiger charge is 2.36. The van der Waals surface area contributed by atoms with E-state index in [0.29, 0.717) is 6.07 Å². The summed E-state index contributed by atoms with van der Waals surface area (Å²) in [7, 11) is 0.0414. The molecule has 0 fully saturated rings. The highest BCUT2D eigenvalue weighted by Crippen LogP contribution is 2.36. The summed E-state index contributed by atoms with van der Waals surface area (Å²) in [6.07, 6.45) is -5.18. The van der Waals surface area contributed by atoms with Crippen LogP contribution >= 0.6 is 22.3 Å². The third-order valence-corrected chi connectivity index (χ3v) is 3.00. The minimum absolute atomic E-state index is 0.346. The van der Waals surface area contributed by atoms with Crippen LogP contribution in [-0.4, -0.2) is 24.7 Å². The number of hydrogen-bond acceptors (Lipinski definition) is 6. The van der Waals surface area contributed by atoms with Gasteiger partial charge in [-0.25, -0.2) is 8.42 Å². The van der Waals surface area contributed by atoms with Gasteiger partial charge in [-0.2, -0.15) is 4.98 Å². The largest absolute Gasteiger partial charge is 0.574 e. The molecule has 13 heteroatoms. The predicted octanol–water partition coefficient (Wildman–Crippen LogP) is 2.47. The van der Waals surface area contributed by atoms with Crippen LogP contribution in [0.2, 0.25) is 5.02 Å². The van der Waals surface area contributed by atoms with Gasteiger partial charge < -0.3 is 4.74 Å². The Kier molecular flexibility index (Phi) is 4.12. The van der Waals surface area contributed by atoms with Crippen LogP contribution in [0, 0.1) is 10.1 Å². The molecule has 0 radical (unpaired) electrons. The van der Waals surface area contributed by atoms with Gasteiger partial charge >= 0.3 is 12.0 Å². The Bertz CT molecular complexity index is 632. The van der Waals surface area contributed by atoms with Crippen molar-refractivity contribution in [2.24, 2.45) is 0 Å². The molecule has 0 aromatic carbocycles. The SMILES string of the molecule is O=[N+]([O-])c1c(Cl)cc(OC(F)(F)F)nc1S(=O)(=O)Cl. The van der Waals surface area contributed by atoms with Gasteiger partial charge in [-0.15, -0.1) is 13.2 Å². The van der Waals surface area contributed by atoms with Crippen LogP contribution < -0.4 is 4.74 Å². The van der Waals surface area contributed by atoms with E-state index in [1.54, 1.807) is 0 Å². The fraction of sp³-hybridized carbons (Fsp3) is 0.167. The Hall–Kier alpha value is -1.33. The third-order valence-electron chi connectivity index (χ3n) is 1.52. The molecule has 0 aliphatic heterocycles. The van der Waals surface area contributed by atoms with Crippen molar-refractivity contribution in [1.82, 2.24) is 4.98 Å². The van der Waals surface area contributed by atoms with Gasteiger partial charge in [0.05, 0.1) is 4.92 Å². The van der Waals surface area contributed by atoms with Crippen molar-refractivity contribution in [3.05, 3.63) is 21.2 Å². The first-order valence-electron chi connectivity index (χ1n) is 3.97. The van der Waals surface area contributed by atoms with Crippen molar-refractivity contribution in [2.45, 2.75) is 11.4 Å². The molecular weight excluding hydrogens is 340 g/mol. The van der Waals surface area contributed by atoms with Gasteiger partial charge in [-0.1, -0.05) is 11.6 Å².